The van der Waals surface area contributed by atoms with Crippen molar-refractivity contribution in [3.8, 4) is 11.4 Å². The lowest BCUT2D eigenvalue weighted by molar-refractivity contribution is -0.114. The van der Waals surface area contributed by atoms with Crippen LogP contribution in [0, 0.1) is 0 Å². The van der Waals surface area contributed by atoms with Gasteiger partial charge in [-0.2, -0.15) is 5.10 Å². The summed E-state index contributed by atoms with van der Waals surface area (Å²) in [4.78, 5) is 22.5. The van der Waals surface area contributed by atoms with Crippen molar-refractivity contribution in [2.75, 3.05) is 22.9 Å². The number of fused-ring (bicyclic) bond motifs is 1. The van der Waals surface area contributed by atoms with Crippen LogP contribution in [-0.2, 0) is 11.2 Å². The number of para-hydroxylation sites is 1. The zero-order chi connectivity index (χ0) is 22.0. The molecule has 4 aromatic rings. The van der Waals surface area contributed by atoms with Crippen LogP contribution in [0.4, 0.5) is 17.2 Å². The molecular formula is C22H21N7O2. The summed E-state index contributed by atoms with van der Waals surface area (Å²) in [5.74, 6) is -0.0281. The van der Waals surface area contributed by atoms with Crippen molar-refractivity contribution < 1.29 is 9.90 Å². The van der Waals surface area contributed by atoms with E-state index in [1.165, 1.54) is 18.5 Å². The molecule has 4 rings (SSSR count). The van der Waals surface area contributed by atoms with E-state index in [9.17, 15) is 9.90 Å². The second-order valence-corrected chi connectivity index (χ2v) is 6.84. The lowest BCUT2D eigenvalue weighted by atomic mass is 10.2. The summed E-state index contributed by atoms with van der Waals surface area (Å²) in [6, 6.07) is 14.1. The van der Waals surface area contributed by atoms with Gasteiger partial charge in [0.15, 0.2) is 5.82 Å². The van der Waals surface area contributed by atoms with Crippen molar-refractivity contribution in [2.45, 2.75) is 6.42 Å². The number of phenolic OH excluding ortho intramolecular Hbond substituents is 1. The molecule has 156 valence electrons. The standard InChI is InChI=1S/C22H21N7O2/c1-2-19(31)28(14-6-4-3-5-7-14)11-10-17-20-21(22(24)26-13-25-20)29(27-17)15-8-9-16(23)18(30)12-15/h2-9,12-13,30H,1,10-11,23H2,(H2,24,25,26). The van der Waals surface area contributed by atoms with Gasteiger partial charge in [-0.3, -0.25) is 4.79 Å². The van der Waals surface area contributed by atoms with Crippen LogP contribution >= 0.6 is 0 Å². The first-order chi connectivity index (χ1) is 15.0. The molecule has 0 aliphatic carbocycles. The molecule has 0 unspecified atom stereocenters. The fourth-order valence-electron chi connectivity index (χ4n) is 3.35. The largest absolute Gasteiger partial charge is 0.506 e. The highest BCUT2D eigenvalue weighted by Crippen LogP contribution is 2.28. The van der Waals surface area contributed by atoms with E-state index in [1.807, 2.05) is 30.3 Å². The predicted molar refractivity (Wildman–Crippen MR) is 120 cm³/mol. The number of nitrogens with two attached hydrogens (primary N) is 2. The molecule has 0 fully saturated rings. The molecule has 2 aromatic heterocycles. The van der Waals surface area contributed by atoms with Crippen LogP contribution in [0.1, 0.15) is 5.69 Å². The van der Waals surface area contributed by atoms with Crippen LogP contribution in [0.2, 0.25) is 0 Å². The molecule has 9 heteroatoms. The van der Waals surface area contributed by atoms with E-state index in [-0.39, 0.29) is 23.2 Å². The number of anilines is 3. The smallest absolute Gasteiger partial charge is 0.250 e. The number of nitrogens with zero attached hydrogens (tertiary/aromatic N) is 5. The number of aromatic hydroxyl groups is 1. The van der Waals surface area contributed by atoms with Crippen molar-refractivity contribution in [2.24, 2.45) is 0 Å². The van der Waals surface area contributed by atoms with Gasteiger partial charge in [0.1, 0.15) is 23.1 Å². The second kappa shape index (κ2) is 8.15. The van der Waals surface area contributed by atoms with E-state index >= 15 is 0 Å². The van der Waals surface area contributed by atoms with Crippen molar-refractivity contribution in [3.05, 3.63) is 73.2 Å². The van der Waals surface area contributed by atoms with Crippen molar-refractivity contribution >= 4 is 34.1 Å². The molecule has 0 atom stereocenters. The highest BCUT2D eigenvalue weighted by atomic mass is 16.3. The lowest BCUT2D eigenvalue weighted by Crippen LogP contribution is -2.31. The van der Waals surface area contributed by atoms with E-state index in [0.29, 0.717) is 35.4 Å². The predicted octanol–water partition coefficient (Wildman–Crippen LogP) is 2.45. The maximum absolute atomic E-state index is 12.4. The summed E-state index contributed by atoms with van der Waals surface area (Å²) in [6.45, 7) is 3.96. The Morgan fingerprint density at radius 3 is 2.65 bits per heavy atom. The van der Waals surface area contributed by atoms with Gasteiger partial charge in [0, 0.05) is 24.7 Å². The van der Waals surface area contributed by atoms with Gasteiger partial charge in [-0.1, -0.05) is 24.8 Å². The number of amides is 1. The summed E-state index contributed by atoms with van der Waals surface area (Å²) in [6.07, 6.45) is 3.06. The highest BCUT2D eigenvalue weighted by molar-refractivity contribution is 6.01. The Labute approximate surface area is 178 Å². The van der Waals surface area contributed by atoms with Crippen molar-refractivity contribution in [1.82, 2.24) is 19.7 Å². The Kier molecular flexibility index (Phi) is 5.23. The Morgan fingerprint density at radius 2 is 1.94 bits per heavy atom. The second-order valence-electron chi connectivity index (χ2n) is 6.84. The topological polar surface area (TPSA) is 136 Å². The van der Waals surface area contributed by atoms with E-state index in [2.05, 4.69) is 21.6 Å². The van der Waals surface area contributed by atoms with Crippen LogP contribution in [0.25, 0.3) is 16.7 Å². The highest BCUT2D eigenvalue weighted by Gasteiger charge is 2.19. The molecule has 0 radical (unpaired) electrons. The van der Waals surface area contributed by atoms with Gasteiger partial charge >= 0.3 is 0 Å². The molecule has 0 saturated carbocycles. The summed E-state index contributed by atoms with van der Waals surface area (Å²) in [7, 11) is 0. The van der Waals surface area contributed by atoms with Gasteiger partial charge < -0.3 is 21.5 Å². The Balaban J connectivity index is 1.74. The summed E-state index contributed by atoms with van der Waals surface area (Å²) >= 11 is 0. The summed E-state index contributed by atoms with van der Waals surface area (Å²) in [5.41, 5.74) is 15.1. The number of rotatable bonds is 6. The minimum atomic E-state index is -0.215. The normalized spacial score (nSPS) is 10.8. The third-order valence-corrected chi connectivity index (χ3v) is 4.90. The number of benzene rings is 2. The average molecular weight is 415 g/mol. The zero-order valence-electron chi connectivity index (χ0n) is 16.6. The van der Waals surface area contributed by atoms with Crippen LogP contribution < -0.4 is 16.4 Å². The molecular weight excluding hydrogens is 394 g/mol. The van der Waals surface area contributed by atoms with E-state index < -0.39 is 0 Å². The molecule has 2 heterocycles. The average Bonchev–Trinajstić information content (AvgIpc) is 3.16. The minimum absolute atomic E-state index is 0.0649. The molecule has 5 N–H and O–H groups in total. The van der Waals surface area contributed by atoms with Crippen LogP contribution in [0.5, 0.6) is 5.75 Å². The van der Waals surface area contributed by atoms with Crippen LogP contribution in [-0.4, -0.2) is 37.3 Å². The van der Waals surface area contributed by atoms with Gasteiger partial charge in [-0.25, -0.2) is 14.6 Å². The lowest BCUT2D eigenvalue weighted by Gasteiger charge is -2.20. The quantitative estimate of drug-likeness (QED) is 0.250. The maximum atomic E-state index is 12.4. The number of carbonyl (C=O) groups is 1. The molecule has 0 spiro atoms. The number of hydrogen-bond donors (Lipinski definition) is 3. The zero-order valence-corrected chi connectivity index (χ0v) is 16.6. The molecule has 0 saturated heterocycles. The monoisotopic (exact) mass is 415 g/mol. The first-order valence-corrected chi connectivity index (χ1v) is 9.55. The number of aromatic nitrogens is 4. The fourth-order valence-corrected chi connectivity index (χ4v) is 3.35. The fraction of sp³-hybridized carbons (Fsp3) is 0.0909. The molecule has 2 aromatic carbocycles. The first-order valence-electron chi connectivity index (χ1n) is 9.55. The van der Waals surface area contributed by atoms with E-state index in [1.54, 1.807) is 21.7 Å². The van der Waals surface area contributed by atoms with E-state index in [0.717, 1.165) is 5.69 Å². The van der Waals surface area contributed by atoms with Crippen LogP contribution in [0.15, 0.2) is 67.5 Å². The third-order valence-electron chi connectivity index (χ3n) is 4.90. The van der Waals surface area contributed by atoms with Gasteiger partial charge in [0.05, 0.1) is 17.1 Å². The minimum Gasteiger partial charge on any atom is -0.506 e. The van der Waals surface area contributed by atoms with E-state index in [4.69, 9.17) is 11.5 Å². The molecule has 0 aliphatic heterocycles. The molecule has 31 heavy (non-hydrogen) atoms. The van der Waals surface area contributed by atoms with Gasteiger partial charge in [-0.15, -0.1) is 0 Å². The summed E-state index contributed by atoms with van der Waals surface area (Å²) in [5, 5.41) is 14.7. The Bertz CT molecular complexity index is 1270. The van der Waals surface area contributed by atoms with Gasteiger partial charge in [0.25, 0.3) is 0 Å². The molecule has 0 bridgehead atoms. The first kappa shape index (κ1) is 19.9. The SMILES string of the molecule is C=CC(=O)N(CCc1nn(-c2ccc(N)c(O)c2)c2c(N)ncnc12)c1ccccc1. The summed E-state index contributed by atoms with van der Waals surface area (Å²) < 4.78 is 1.57. The van der Waals surface area contributed by atoms with Gasteiger partial charge in [-0.05, 0) is 30.3 Å². The number of phenols is 1. The maximum Gasteiger partial charge on any atom is 0.250 e. The molecule has 9 nitrogen and oxygen atoms in total. The Hall–Kier alpha value is -4.40. The number of carbonyl (C=O) groups excluding carboxylic acids is 1. The Morgan fingerprint density at radius 1 is 1.16 bits per heavy atom. The van der Waals surface area contributed by atoms with Crippen molar-refractivity contribution in [3.63, 3.8) is 0 Å². The molecule has 0 aliphatic rings. The van der Waals surface area contributed by atoms with Crippen LogP contribution in [0.3, 0.4) is 0 Å². The molecule has 1 amide bonds. The van der Waals surface area contributed by atoms with Gasteiger partial charge in [0.2, 0.25) is 5.91 Å². The number of nitrogen functional groups attached to an aromatic ring is 2. The number of hydrogen-bond acceptors (Lipinski definition) is 7. The van der Waals surface area contributed by atoms with Crippen molar-refractivity contribution in [1.29, 1.82) is 0 Å². The third kappa shape index (κ3) is 3.76.